The van der Waals surface area contributed by atoms with Crippen LogP contribution in [-0.2, 0) is 6.54 Å². The molecule has 1 aromatic heterocycles. The summed E-state index contributed by atoms with van der Waals surface area (Å²) >= 11 is 0. The van der Waals surface area contributed by atoms with Gasteiger partial charge in [0.15, 0.2) is 11.5 Å². The van der Waals surface area contributed by atoms with Crippen molar-refractivity contribution >= 4 is 5.69 Å². The van der Waals surface area contributed by atoms with Crippen molar-refractivity contribution in [3.8, 4) is 11.5 Å². The second kappa shape index (κ2) is 5.88. The van der Waals surface area contributed by atoms with Gasteiger partial charge in [-0.3, -0.25) is 4.90 Å². The van der Waals surface area contributed by atoms with Gasteiger partial charge in [-0.2, -0.15) is 0 Å². The third kappa shape index (κ3) is 2.87. The van der Waals surface area contributed by atoms with Crippen molar-refractivity contribution in [1.29, 1.82) is 0 Å². The summed E-state index contributed by atoms with van der Waals surface area (Å²) in [5, 5.41) is 7.59. The number of fused-ring (bicyclic) bond motifs is 1. The van der Waals surface area contributed by atoms with E-state index in [9.17, 15) is 0 Å². The molecule has 22 heavy (non-hydrogen) atoms. The van der Waals surface area contributed by atoms with Gasteiger partial charge in [0.05, 0.1) is 5.69 Å². The van der Waals surface area contributed by atoms with E-state index in [4.69, 9.17) is 14.0 Å². The number of piperidine rings is 1. The molecule has 0 radical (unpaired) electrons. The summed E-state index contributed by atoms with van der Waals surface area (Å²) in [7, 11) is 0. The third-order valence-electron chi connectivity index (χ3n) is 4.13. The lowest BCUT2D eigenvalue weighted by Crippen LogP contribution is -2.41. The predicted molar refractivity (Wildman–Crippen MR) is 81.0 cm³/mol. The second-order valence-corrected chi connectivity index (χ2v) is 5.78. The first-order valence-corrected chi connectivity index (χ1v) is 7.64. The maximum Gasteiger partial charge on any atom is 0.231 e. The van der Waals surface area contributed by atoms with E-state index in [2.05, 4.69) is 15.4 Å². The van der Waals surface area contributed by atoms with Gasteiger partial charge in [-0.15, -0.1) is 0 Å². The molecule has 0 aliphatic carbocycles. The van der Waals surface area contributed by atoms with Crippen molar-refractivity contribution in [2.75, 3.05) is 25.2 Å². The Morgan fingerprint density at radius 3 is 3.09 bits per heavy atom. The lowest BCUT2D eigenvalue weighted by molar-refractivity contribution is 0.174. The van der Waals surface area contributed by atoms with Crippen LogP contribution >= 0.6 is 0 Å². The monoisotopic (exact) mass is 301 g/mol. The number of hydrogen-bond acceptors (Lipinski definition) is 6. The van der Waals surface area contributed by atoms with Crippen LogP contribution in [-0.4, -0.2) is 36.0 Å². The highest BCUT2D eigenvalue weighted by molar-refractivity contribution is 5.56. The summed E-state index contributed by atoms with van der Waals surface area (Å²) < 4.78 is 15.7. The number of hydrogen-bond donors (Lipinski definition) is 1. The van der Waals surface area contributed by atoms with Crippen LogP contribution in [0.25, 0.3) is 0 Å². The van der Waals surface area contributed by atoms with Crippen LogP contribution in [0.15, 0.2) is 35.1 Å². The van der Waals surface area contributed by atoms with Crippen LogP contribution in [0.5, 0.6) is 11.5 Å². The number of anilines is 1. The number of nitrogens with zero attached hydrogens (tertiary/aromatic N) is 2. The van der Waals surface area contributed by atoms with E-state index in [-0.39, 0.29) is 0 Å². The molecule has 6 heteroatoms. The molecule has 1 fully saturated rings. The highest BCUT2D eigenvalue weighted by Gasteiger charge is 2.21. The fraction of sp³-hybridized carbons (Fsp3) is 0.438. The fourth-order valence-corrected chi connectivity index (χ4v) is 3.09. The Balaban J connectivity index is 1.38. The Kier molecular flexibility index (Phi) is 3.60. The van der Waals surface area contributed by atoms with E-state index in [1.807, 2.05) is 24.3 Å². The molecule has 2 aliphatic heterocycles. The van der Waals surface area contributed by atoms with Crippen LogP contribution in [0.2, 0.25) is 0 Å². The smallest absolute Gasteiger partial charge is 0.231 e. The minimum Gasteiger partial charge on any atom is -0.454 e. The Bertz CT molecular complexity index is 630. The van der Waals surface area contributed by atoms with E-state index in [0.29, 0.717) is 12.8 Å². The first kappa shape index (κ1) is 13.5. The topological polar surface area (TPSA) is 59.8 Å². The number of ether oxygens (including phenoxy) is 2. The molecule has 4 rings (SSSR count). The average molecular weight is 301 g/mol. The van der Waals surface area contributed by atoms with Crippen LogP contribution in [0.1, 0.15) is 18.5 Å². The number of aromatic nitrogens is 1. The summed E-state index contributed by atoms with van der Waals surface area (Å²) in [6.45, 7) is 3.26. The zero-order valence-electron chi connectivity index (χ0n) is 12.3. The van der Waals surface area contributed by atoms with Crippen molar-refractivity contribution in [1.82, 2.24) is 10.1 Å². The van der Waals surface area contributed by atoms with Crippen molar-refractivity contribution in [3.63, 3.8) is 0 Å². The molecule has 1 aromatic carbocycles. The SMILES string of the molecule is c1cc(CN2CCCC(Nc3ccc4c(c3)OCO4)C2)no1. The predicted octanol–water partition coefficient (Wildman–Crippen LogP) is 2.48. The molecule has 1 N–H and O–H groups in total. The normalized spacial score (nSPS) is 21.0. The molecule has 0 saturated carbocycles. The Morgan fingerprint density at radius 2 is 2.18 bits per heavy atom. The minimum absolute atomic E-state index is 0.313. The molecule has 3 heterocycles. The van der Waals surface area contributed by atoms with Gasteiger partial charge < -0.3 is 19.3 Å². The molecule has 2 aromatic rings. The summed E-state index contributed by atoms with van der Waals surface area (Å²) in [6.07, 6.45) is 3.98. The maximum atomic E-state index is 5.43. The van der Waals surface area contributed by atoms with E-state index in [0.717, 1.165) is 42.5 Å². The fourth-order valence-electron chi connectivity index (χ4n) is 3.09. The number of rotatable bonds is 4. The molecule has 1 atom stereocenters. The zero-order chi connectivity index (χ0) is 14.8. The first-order valence-electron chi connectivity index (χ1n) is 7.64. The van der Waals surface area contributed by atoms with Crippen molar-refractivity contribution in [2.45, 2.75) is 25.4 Å². The lowest BCUT2D eigenvalue weighted by Gasteiger charge is -2.33. The average Bonchev–Trinajstić information content (AvgIpc) is 3.18. The summed E-state index contributed by atoms with van der Waals surface area (Å²) in [6, 6.07) is 8.37. The van der Waals surface area contributed by atoms with Crippen molar-refractivity contribution in [3.05, 3.63) is 36.2 Å². The Morgan fingerprint density at radius 1 is 1.23 bits per heavy atom. The number of benzene rings is 1. The standard InChI is InChI=1S/C16H19N3O3/c1-2-13(9-19(6-1)10-14-5-7-22-18-14)17-12-3-4-15-16(8-12)21-11-20-15/h3-5,7-8,13,17H,1-2,6,9-11H2. The first-order chi connectivity index (χ1) is 10.9. The molecule has 1 saturated heterocycles. The highest BCUT2D eigenvalue weighted by atomic mass is 16.7. The largest absolute Gasteiger partial charge is 0.454 e. The minimum atomic E-state index is 0.313. The van der Waals surface area contributed by atoms with Crippen molar-refractivity contribution < 1.29 is 14.0 Å². The molecular weight excluding hydrogens is 282 g/mol. The second-order valence-electron chi connectivity index (χ2n) is 5.78. The van der Waals surface area contributed by atoms with E-state index in [1.165, 1.54) is 12.8 Å². The number of likely N-dealkylation sites (tertiary alicyclic amines) is 1. The maximum absolute atomic E-state index is 5.43. The van der Waals surface area contributed by atoms with Gasteiger partial charge >= 0.3 is 0 Å². The van der Waals surface area contributed by atoms with Gasteiger partial charge in [-0.25, -0.2) is 0 Å². The summed E-state index contributed by atoms with van der Waals surface area (Å²) in [5.41, 5.74) is 2.07. The molecule has 2 aliphatic rings. The van der Waals surface area contributed by atoms with E-state index < -0.39 is 0 Å². The summed E-state index contributed by atoms with van der Waals surface area (Å²) in [5.74, 6) is 1.64. The molecule has 0 amide bonds. The number of nitrogens with one attached hydrogen (secondary N) is 1. The van der Waals surface area contributed by atoms with Crippen molar-refractivity contribution in [2.24, 2.45) is 0 Å². The molecule has 6 nitrogen and oxygen atoms in total. The quantitative estimate of drug-likeness (QED) is 0.936. The molecule has 0 spiro atoms. The van der Waals surface area contributed by atoms with Crippen LogP contribution in [0.4, 0.5) is 5.69 Å². The van der Waals surface area contributed by atoms with Gasteiger partial charge in [0, 0.05) is 37.0 Å². The van der Waals surface area contributed by atoms with Gasteiger partial charge in [-0.05, 0) is 31.5 Å². The summed E-state index contributed by atoms with van der Waals surface area (Å²) in [4.78, 5) is 2.41. The van der Waals surface area contributed by atoms with Gasteiger partial charge in [0.1, 0.15) is 6.26 Å². The van der Waals surface area contributed by atoms with Crippen LogP contribution in [0.3, 0.4) is 0 Å². The third-order valence-corrected chi connectivity index (χ3v) is 4.13. The molecular formula is C16H19N3O3. The zero-order valence-corrected chi connectivity index (χ0v) is 12.3. The Labute approximate surface area is 129 Å². The molecule has 0 bridgehead atoms. The Hall–Kier alpha value is -2.21. The molecule has 116 valence electrons. The van der Waals surface area contributed by atoms with E-state index >= 15 is 0 Å². The van der Waals surface area contributed by atoms with E-state index in [1.54, 1.807) is 6.26 Å². The van der Waals surface area contributed by atoms with Gasteiger partial charge in [-0.1, -0.05) is 5.16 Å². The lowest BCUT2D eigenvalue weighted by atomic mass is 10.0. The highest BCUT2D eigenvalue weighted by Crippen LogP contribution is 2.34. The van der Waals surface area contributed by atoms with Gasteiger partial charge in [0.2, 0.25) is 6.79 Å². The van der Waals surface area contributed by atoms with Crippen LogP contribution in [0, 0.1) is 0 Å². The van der Waals surface area contributed by atoms with Crippen LogP contribution < -0.4 is 14.8 Å². The molecule has 1 unspecified atom stereocenters. The van der Waals surface area contributed by atoms with Gasteiger partial charge in [0.25, 0.3) is 0 Å².